The zero-order chi connectivity index (χ0) is 35.7. The van der Waals surface area contributed by atoms with Crippen molar-refractivity contribution in [3.63, 3.8) is 0 Å². The van der Waals surface area contributed by atoms with E-state index in [-0.39, 0.29) is 36.6 Å². The number of carboxylic acid groups (broad SMARTS) is 2. The Morgan fingerprint density at radius 2 is 1.69 bits per heavy atom. The van der Waals surface area contributed by atoms with Gasteiger partial charge in [0.15, 0.2) is 0 Å². The molecular formula is C32H41N5O11. The average Bonchev–Trinajstić information content (AvgIpc) is 3.50. The number of likely N-dealkylation sites (tertiary alicyclic amines) is 1. The second kappa shape index (κ2) is 16.5. The van der Waals surface area contributed by atoms with Crippen LogP contribution >= 0.6 is 0 Å². The normalized spacial score (nSPS) is 16.7. The fraction of sp³-hybridized carbons (Fsp3) is 0.500. The minimum Gasteiger partial charge on any atom is -0.481 e. The number of fused-ring (bicyclic) bond motifs is 1. The first-order valence-corrected chi connectivity index (χ1v) is 15.6. The van der Waals surface area contributed by atoms with E-state index >= 15 is 0 Å². The van der Waals surface area contributed by atoms with Crippen LogP contribution in [-0.4, -0.2) is 87.3 Å². The van der Waals surface area contributed by atoms with Crippen LogP contribution in [0, 0.1) is 12.8 Å². The number of carboxylic acids is 2. The summed E-state index contributed by atoms with van der Waals surface area (Å²) >= 11 is 0. The Morgan fingerprint density at radius 3 is 2.31 bits per heavy atom. The van der Waals surface area contributed by atoms with Gasteiger partial charge < -0.3 is 40.8 Å². The van der Waals surface area contributed by atoms with Gasteiger partial charge >= 0.3 is 17.6 Å². The number of hydrogen-bond acceptors (Lipinski definition) is 9. The Balaban J connectivity index is 1.79. The van der Waals surface area contributed by atoms with Crippen molar-refractivity contribution >= 4 is 58.1 Å². The number of amides is 5. The van der Waals surface area contributed by atoms with Crippen LogP contribution in [0.4, 0.5) is 5.69 Å². The highest BCUT2D eigenvalue weighted by molar-refractivity contribution is 6.01. The van der Waals surface area contributed by atoms with E-state index in [1.165, 1.54) is 30.0 Å². The Hall–Kier alpha value is -5.28. The molecule has 1 aromatic heterocycles. The molecule has 0 radical (unpaired) electrons. The highest BCUT2D eigenvalue weighted by Gasteiger charge is 2.40. The van der Waals surface area contributed by atoms with Gasteiger partial charge in [0.2, 0.25) is 29.5 Å². The van der Waals surface area contributed by atoms with Crippen molar-refractivity contribution in [3.05, 3.63) is 40.2 Å². The lowest BCUT2D eigenvalue weighted by molar-refractivity contribution is -0.144. The molecule has 1 aromatic carbocycles. The molecule has 0 aliphatic carbocycles. The van der Waals surface area contributed by atoms with Crippen LogP contribution in [0.1, 0.15) is 64.9 Å². The van der Waals surface area contributed by atoms with E-state index in [1.54, 1.807) is 19.9 Å². The number of nitrogens with zero attached hydrogens (tertiary/aromatic N) is 1. The van der Waals surface area contributed by atoms with Crippen molar-refractivity contribution in [2.75, 3.05) is 11.9 Å². The number of benzene rings is 1. The molecule has 3 rings (SSSR count). The van der Waals surface area contributed by atoms with E-state index in [2.05, 4.69) is 21.3 Å². The van der Waals surface area contributed by atoms with Crippen LogP contribution in [0.2, 0.25) is 0 Å². The molecular weight excluding hydrogens is 630 g/mol. The van der Waals surface area contributed by atoms with E-state index in [0.29, 0.717) is 23.8 Å². The zero-order valence-corrected chi connectivity index (χ0v) is 27.2. The molecule has 1 saturated heterocycles. The van der Waals surface area contributed by atoms with Crippen LogP contribution in [-0.2, 0) is 33.6 Å². The molecule has 16 nitrogen and oxygen atoms in total. The maximum Gasteiger partial charge on any atom is 0.336 e. The van der Waals surface area contributed by atoms with Gasteiger partial charge in [-0.1, -0.05) is 20.3 Å². The summed E-state index contributed by atoms with van der Waals surface area (Å²) in [7, 11) is 0. The summed E-state index contributed by atoms with van der Waals surface area (Å²) in [5.41, 5.74) is 0.422. The third kappa shape index (κ3) is 9.86. The number of hydrogen-bond donors (Lipinski definition) is 6. The van der Waals surface area contributed by atoms with Crippen LogP contribution < -0.4 is 26.9 Å². The molecule has 0 unspecified atom stereocenters. The molecule has 48 heavy (non-hydrogen) atoms. The monoisotopic (exact) mass is 671 g/mol. The van der Waals surface area contributed by atoms with E-state index in [0.717, 1.165) is 0 Å². The molecule has 5 amide bonds. The topological polar surface area (TPSA) is 242 Å². The largest absolute Gasteiger partial charge is 0.481 e. The standard InChI is InChI=1S/C32H41N5O11/c1-5-16(2)28(33-18(4)38)31(46)35-21(10-11-25(39)40)32(47)37-12-6-7-23(37)30(45)36-22(15-26(41)42)29(44)34-19-8-9-20-17(3)13-27(43)48-24(20)14-19/h8-9,13-14,16,21-23,28H,5-7,10-12,15H2,1-4H3,(H,33,38)(H,34,44)(H,35,46)(H,36,45)(H,39,40)(H,41,42)/t16-,21+,22+,23+,28-/m0/s1. The summed E-state index contributed by atoms with van der Waals surface area (Å²) in [5, 5.41) is 29.4. The Morgan fingerprint density at radius 1 is 0.979 bits per heavy atom. The lowest BCUT2D eigenvalue weighted by Gasteiger charge is -2.31. The first-order chi connectivity index (χ1) is 22.6. The molecule has 1 aliphatic rings. The minimum atomic E-state index is -1.57. The Bertz CT molecular complexity index is 1640. The van der Waals surface area contributed by atoms with E-state index < -0.39 is 84.1 Å². The highest BCUT2D eigenvalue weighted by atomic mass is 16.4. The zero-order valence-electron chi connectivity index (χ0n) is 27.2. The van der Waals surface area contributed by atoms with Gasteiger partial charge in [-0.25, -0.2) is 4.79 Å². The van der Waals surface area contributed by atoms with Gasteiger partial charge in [-0.05, 0) is 49.8 Å². The number of anilines is 1. The number of carbonyl (C=O) groups excluding carboxylic acids is 5. The highest BCUT2D eigenvalue weighted by Crippen LogP contribution is 2.23. The van der Waals surface area contributed by atoms with Gasteiger partial charge in [-0.2, -0.15) is 0 Å². The van der Waals surface area contributed by atoms with Gasteiger partial charge in [0, 0.05) is 43.1 Å². The van der Waals surface area contributed by atoms with Gasteiger partial charge in [-0.15, -0.1) is 0 Å². The fourth-order valence-electron chi connectivity index (χ4n) is 5.49. The summed E-state index contributed by atoms with van der Waals surface area (Å²) in [5.74, 6) is -6.51. The van der Waals surface area contributed by atoms with Gasteiger partial charge in [-0.3, -0.25) is 33.6 Å². The molecule has 5 atom stereocenters. The molecule has 16 heteroatoms. The maximum absolute atomic E-state index is 13.7. The predicted octanol–water partition coefficient (Wildman–Crippen LogP) is 0.891. The fourth-order valence-corrected chi connectivity index (χ4v) is 5.49. The average molecular weight is 672 g/mol. The summed E-state index contributed by atoms with van der Waals surface area (Å²) in [4.78, 5) is 101. The van der Waals surface area contributed by atoms with Crippen molar-refractivity contribution in [1.82, 2.24) is 20.9 Å². The number of aliphatic carboxylic acids is 2. The number of carbonyl (C=O) groups is 7. The number of rotatable bonds is 15. The summed E-state index contributed by atoms with van der Waals surface area (Å²) < 4.78 is 5.19. The van der Waals surface area contributed by atoms with Gasteiger partial charge in [0.1, 0.15) is 29.8 Å². The Labute approximate surface area is 275 Å². The summed E-state index contributed by atoms with van der Waals surface area (Å²) in [6.45, 7) is 6.58. The van der Waals surface area contributed by atoms with Crippen LogP contribution in [0.5, 0.6) is 0 Å². The van der Waals surface area contributed by atoms with E-state index in [9.17, 15) is 48.6 Å². The molecule has 0 bridgehead atoms. The van der Waals surface area contributed by atoms with Crippen LogP contribution in [0.15, 0.2) is 33.5 Å². The second-order valence-electron chi connectivity index (χ2n) is 11.9. The molecule has 0 saturated carbocycles. The lowest BCUT2D eigenvalue weighted by atomic mass is 9.97. The van der Waals surface area contributed by atoms with Crippen molar-refractivity contribution in [1.29, 1.82) is 0 Å². The molecule has 0 spiro atoms. The van der Waals surface area contributed by atoms with E-state index in [4.69, 9.17) is 4.42 Å². The van der Waals surface area contributed by atoms with Crippen molar-refractivity contribution < 1.29 is 48.2 Å². The molecule has 1 aliphatic heterocycles. The lowest BCUT2D eigenvalue weighted by Crippen LogP contribution is -2.58. The van der Waals surface area contributed by atoms with Crippen molar-refractivity contribution in [2.24, 2.45) is 5.92 Å². The van der Waals surface area contributed by atoms with Crippen LogP contribution in [0.3, 0.4) is 0 Å². The molecule has 6 N–H and O–H groups in total. The summed E-state index contributed by atoms with van der Waals surface area (Å²) in [6.07, 6.45) is -0.535. The molecule has 2 heterocycles. The third-order valence-electron chi connectivity index (χ3n) is 8.18. The molecule has 2 aromatic rings. The quantitative estimate of drug-likeness (QED) is 0.145. The maximum atomic E-state index is 13.7. The molecule has 1 fully saturated rings. The van der Waals surface area contributed by atoms with Gasteiger partial charge in [0.05, 0.1) is 6.42 Å². The SMILES string of the molecule is CC[C@H](C)[C@H](NC(C)=O)C(=O)N[C@H](CCC(=O)O)C(=O)N1CCC[C@@H]1C(=O)N[C@H](CC(=O)O)C(=O)Nc1ccc2c(C)cc(=O)oc2c1. The first-order valence-electron chi connectivity index (χ1n) is 15.6. The van der Waals surface area contributed by atoms with Crippen molar-refractivity contribution in [3.8, 4) is 0 Å². The summed E-state index contributed by atoms with van der Waals surface area (Å²) in [6, 6.07) is 0.772. The number of aryl methyl sites for hydroxylation is 1. The van der Waals surface area contributed by atoms with E-state index in [1.807, 2.05) is 6.92 Å². The minimum absolute atomic E-state index is 0.0777. The number of nitrogens with one attached hydrogen (secondary N) is 4. The second-order valence-corrected chi connectivity index (χ2v) is 11.9. The van der Waals surface area contributed by atoms with Crippen LogP contribution in [0.25, 0.3) is 11.0 Å². The molecule has 260 valence electrons. The predicted molar refractivity (Wildman–Crippen MR) is 171 cm³/mol. The smallest absolute Gasteiger partial charge is 0.336 e. The third-order valence-corrected chi connectivity index (χ3v) is 8.18. The first kappa shape index (κ1) is 37.2. The van der Waals surface area contributed by atoms with Crippen molar-refractivity contribution in [2.45, 2.75) is 90.4 Å². The Kier molecular flexibility index (Phi) is 12.8. The van der Waals surface area contributed by atoms with Gasteiger partial charge in [0.25, 0.3) is 0 Å².